The van der Waals surface area contributed by atoms with Crippen LogP contribution in [0, 0.1) is 12.8 Å². The molecule has 0 bridgehead atoms. The largest absolute Gasteiger partial charge is 0.296 e. The average molecular weight is 298 g/mol. The van der Waals surface area contributed by atoms with Gasteiger partial charge in [0.25, 0.3) is 15.2 Å². The molecule has 0 spiro atoms. The molecule has 2 aromatic heterocycles. The fourth-order valence-electron chi connectivity index (χ4n) is 1.95. The van der Waals surface area contributed by atoms with Crippen molar-refractivity contribution in [1.29, 1.82) is 0 Å². The highest BCUT2D eigenvalue weighted by Crippen LogP contribution is 2.23. The number of nitrogens with zero attached hydrogens (tertiary/aromatic N) is 5. The van der Waals surface area contributed by atoms with Gasteiger partial charge in [0.15, 0.2) is 5.82 Å². The molecule has 0 aliphatic carbocycles. The van der Waals surface area contributed by atoms with E-state index in [1.807, 2.05) is 27.8 Å². The molecule has 8 nitrogen and oxygen atoms in total. The summed E-state index contributed by atoms with van der Waals surface area (Å²) in [5.74, 6) is 0.690. The van der Waals surface area contributed by atoms with E-state index in [0.29, 0.717) is 12.4 Å². The molecule has 0 saturated heterocycles. The van der Waals surface area contributed by atoms with Crippen LogP contribution in [0.3, 0.4) is 0 Å². The second-order valence-corrected chi connectivity index (χ2v) is 6.58. The number of primary sulfonamides is 1. The normalized spacial score (nSPS) is 12.3. The number of aromatic nitrogens is 5. The summed E-state index contributed by atoms with van der Waals surface area (Å²) in [5.41, 5.74) is 1.62. The Labute approximate surface area is 117 Å². The molecule has 0 aromatic carbocycles. The van der Waals surface area contributed by atoms with E-state index in [2.05, 4.69) is 15.3 Å². The average Bonchev–Trinajstić information content (AvgIpc) is 2.83. The van der Waals surface area contributed by atoms with Gasteiger partial charge in [-0.3, -0.25) is 9.25 Å². The lowest BCUT2D eigenvalue weighted by molar-refractivity contribution is 0.486. The van der Waals surface area contributed by atoms with Gasteiger partial charge in [-0.05, 0) is 12.8 Å². The molecule has 20 heavy (non-hydrogen) atoms. The quantitative estimate of drug-likeness (QED) is 0.872. The Kier molecular flexibility index (Phi) is 3.65. The van der Waals surface area contributed by atoms with Gasteiger partial charge in [0.05, 0.1) is 11.8 Å². The number of aryl methyl sites for hydroxylation is 1. The number of hydrogen-bond donors (Lipinski definition) is 1. The van der Waals surface area contributed by atoms with E-state index >= 15 is 0 Å². The maximum atomic E-state index is 11.6. The highest BCUT2D eigenvalue weighted by Gasteiger charge is 2.24. The predicted octanol–water partition coefficient (Wildman–Crippen LogP) is 0.290. The standard InChI is InChI=1S/C11H18N6O2S/c1-7(2)6-17-10(9-5-13-16(4)8(9)3)14-15-11(17)20(12,18)19/h5,7H,6H2,1-4H3,(H2,12,18,19). The van der Waals surface area contributed by atoms with Gasteiger partial charge in [0.2, 0.25) is 0 Å². The third kappa shape index (κ3) is 2.59. The summed E-state index contributed by atoms with van der Waals surface area (Å²) in [7, 11) is -2.10. The van der Waals surface area contributed by atoms with Crippen molar-refractivity contribution < 1.29 is 8.42 Å². The molecule has 110 valence electrons. The van der Waals surface area contributed by atoms with E-state index in [9.17, 15) is 8.42 Å². The van der Waals surface area contributed by atoms with Crippen LogP contribution in [0.25, 0.3) is 11.4 Å². The van der Waals surface area contributed by atoms with Crippen molar-refractivity contribution in [2.45, 2.75) is 32.5 Å². The number of nitrogens with two attached hydrogens (primary N) is 1. The van der Waals surface area contributed by atoms with Gasteiger partial charge >= 0.3 is 0 Å². The van der Waals surface area contributed by atoms with Gasteiger partial charge in [-0.25, -0.2) is 13.6 Å². The van der Waals surface area contributed by atoms with Crippen molar-refractivity contribution in [2.24, 2.45) is 18.1 Å². The summed E-state index contributed by atoms with van der Waals surface area (Å²) < 4.78 is 26.4. The highest BCUT2D eigenvalue weighted by atomic mass is 32.2. The molecule has 0 amide bonds. The van der Waals surface area contributed by atoms with Crippen LogP contribution in [0.2, 0.25) is 0 Å². The predicted molar refractivity (Wildman–Crippen MR) is 73.2 cm³/mol. The Morgan fingerprint density at radius 2 is 2.00 bits per heavy atom. The second-order valence-electron chi connectivity index (χ2n) is 5.12. The molecule has 0 aliphatic heterocycles. The number of sulfonamides is 1. The second kappa shape index (κ2) is 4.98. The number of rotatable bonds is 4. The SMILES string of the molecule is Cc1c(-c2nnc(S(N)(=O)=O)n2CC(C)C)cnn1C. The van der Waals surface area contributed by atoms with Crippen molar-refractivity contribution in [3.8, 4) is 11.4 Å². The van der Waals surface area contributed by atoms with E-state index in [1.54, 1.807) is 10.9 Å². The summed E-state index contributed by atoms with van der Waals surface area (Å²) in [6.07, 6.45) is 1.64. The van der Waals surface area contributed by atoms with Gasteiger partial charge in [-0.2, -0.15) is 5.10 Å². The van der Waals surface area contributed by atoms with E-state index in [4.69, 9.17) is 5.14 Å². The third-order valence-electron chi connectivity index (χ3n) is 3.00. The van der Waals surface area contributed by atoms with Gasteiger partial charge < -0.3 is 0 Å². The van der Waals surface area contributed by atoms with Crippen LogP contribution < -0.4 is 5.14 Å². The number of hydrogen-bond acceptors (Lipinski definition) is 5. The van der Waals surface area contributed by atoms with E-state index in [1.165, 1.54) is 4.57 Å². The van der Waals surface area contributed by atoms with Gasteiger partial charge in [-0.15, -0.1) is 10.2 Å². The molecule has 2 rings (SSSR count). The zero-order valence-corrected chi connectivity index (χ0v) is 12.7. The fourth-order valence-corrected chi connectivity index (χ4v) is 2.57. The lowest BCUT2D eigenvalue weighted by atomic mass is 10.2. The van der Waals surface area contributed by atoms with Gasteiger partial charge in [0.1, 0.15) is 0 Å². The van der Waals surface area contributed by atoms with Gasteiger partial charge in [0, 0.05) is 19.3 Å². The van der Waals surface area contributed by atoms with Crippen molar-refractivity contribution in [3.05, 3.63) is 11.9 Å². The first-order chi connectivity index (χ1) is 9.21. The molecule has 9 heteroatoms. The lowest BCUT2D eigenvalue weighted by Crippen LogP contribution is -2.20. The fraction of sp³-hybridized carbons (Fsp3) is 0.545. The smallest absolute Gasteiger partial charge is 0.273 e. The summed E-state index contributed by atoms with van der Waals surface area (Å²) in [6, 6.07) is 0. The minimum Gasteiger partial charge on any atom is -0.296 e. The van der Waals surface area contributed by atoms with Crippen LogP contribution in [-0.2, 0) is 23.6 Å². The Hall–Kier alpha value is -1.74. The third-order valence-corrected chi connectivity index (χ3v) is 3.81. The first kappa shape index (κ1) is 14.7. The molecule has 0 saturated carbocycles. The van der Waals surface area contributed by atoms with E-state index in [0.717, 1.165) is 11.3 Å². The first-order valence-electron chi connectivity index (χ1n) is 6.16. The zero-order chi connectivity index (χ0) is 15.1. The van der Waals surface area contributed by atoms with Crippen LogP contribution >= 0.6 is 0 Å². The Balaban J connectivity index is 2.65. The Bertz CT molecular complexity index is 728. The minimum absolute atomic E-state index is 0.218. The van der Waals surface area contributed by atoms with Crippen molar-refractivity contribution in [3.63, 3.8) is 0 Å². The topological polar surface area (TPSA) is 109 Å². The lowest BCUT2D eigenvalue weighted by Gasteiger charge is -2.11. The van der Waals surface area contributed by atoms with E-state index in [-0.39, 0.29) is 11.1 Å². The molecular weight excluding hydrogens is 280 g/mol. The molecule has 0 atom stereocenters. The minimum atomic E-state index is -3.91. The summed E-state index contributed by atoms with van der Waals surface area (Å²) >= 11 is 0. The molecule has 2 N–H and O–H groups in total. The van der Waals surface area contributed by atoms with Crippen molar-refractivity contribution >= 4 is 10.0 Å². The molecule has 0 radical (unpaired) electrons. The monoisotopic (exact) mass is 298 g/mol. The Morgan fingerprint density at radius 1 is 1.35 bits per heavy atom. The molecule has 0 unspecified atom stereocenters. The van der Waals surface area contributed by atoms with Crippen molar-refractivity contribution in [1.82, 2.24) is 24.5 Å². The van der Waals surface area contributed by atoms with Gasteiger partial charge in [-0.1, -0.05) is 13.8 Å². The molecule has 2 aromatic rings. The summed E-state index contributed by atoms with van der Waals surface area (Å²) in [4.78, 5) is 0. The van der Waals surface area contributed by atoms with Crippen LogP contribution in [-0.4, -0.2) is 33.0 Å². The molecule has 0 aliphatic rings. The maximum absolute atomic E-state index is 11.6. The van der Waals surface area contributed by atoms with Crippen LogP contribution in [0.15, 0.2) is 11.4 Å². The zero-order valence-electron chi connectivity index (χ0n) is 11.9. The van der Waals surface area contributed by atoms with Crippen LogP contribution in [0.5, 0.6) is 0 Å². The Morgan fingerprint density at radius 3 is 2.45 bits per heavy atom. The van der Waals surface area contributed by atoms with Crippen LogP contribution in [0.4, 0.5) is 0 Å². The molecule has 0 fully saturated rings. The van der Waals surface area contributed by atoms with Crippen LogP contribution in [0.1, 0.15) is 19.5 Å². The maximum Gasteiger partial charge on any atom is 0.273 e. The first-order valence-corrected chi connectivity index (χ1v) is 7.71. The highest BCUT2D eigenvalue weighted by molar-refractivity contribution is 7.89. The molecular formula is C11H18N6O2S. The van der Waals surface area contributed by atoms with Crippen molar-refractivity contribution in [2.75, 3.05) is 0 Å². The molecule has 2 heterocycles. The van der Waals surface area contributed by atoms with E-state index < -0.39 is 10.0 Å². The summed E-state index contributed by atoms with van der Waals surface area (Å²) in [5, 5.41) is 16.8. The summed E-state index contributed by atoms with van der Waals surface area (Å²) in [6.45, 7) is 6.30.